The zero-order chi connectivity index (χ0) is 35.8. The first-order valence-corrected chi connectivity index (χ1v) is 17.0. The van der Waals surface area contributed by atoms with Crippen molar-refractivity contribution in [2.75, 3.05) is 0 Å². The number of aliphatic imine (C=N–C) groups is 2. The molecule has 1 aliphatic carbocycles. The Kier molecular flexibility index (Phi) is 21.0. The molecule has 9 heteroatoms. The van der Waals surface area contributed by atoms with Crippen molar-refractivity contribution in [3.05, 3.63) is 57.6 Å². The third-order valence-corrected chi connectivity index (χ3v) is 7.95. The number of carboxylic acid groups (broad SMARTS) is 2. The summed E-state index contributed by atoms with van der Waals surface area (Å²) in [6.07, 6.45) is 10.9. The number of aliphatic carboxylic acids is 2. The number of hydrogen-bond donors (Lipinski definition) is 2. The number of phenols is 2. The zero-order valence-corrected chi connectivity index (χ0v) is 31.7. The summed E-state index contributed by atoms with van der Waals surface area (Å²) < 4.78 is 0. The third kappa shape index (κ3) is 17.3. The summed E-state index contributed by atoms with van der Waals surface area (Å²) in [6.45, 7) is 19.5. The number of carbonyl (C=O) groups excluding carboxylic acids is 2. The molecule has 1 saturated carbocycles. The molecule has 0 aromatic heterocycles. The van der Waals surface area contributed by atoms with E-state index in [0.717, 1.165) is 81.0 Å². The van der Waals surface area contributed by atoms with Crippen LogP contribution in [0, 0.1) is 11.8 Å². The van der Waals surface area contributed by atoms with Gasteiger partial charge in [-0.2, -0.15) is 0 Å². The standard InChI is InChI=1S/C35H52N2O2.2C2H4O2.Co/c1-22(2)9-11-26-15-28(34(38)32(17-26)24(5)6)20-36-30-13-14-31(19-30)37-21-29-16-27(12-10-23(3)4)18-33(25(7)8)35(29)39;2*1-2(3)4;/h15-18,20-25,30-31,38-39H,9-14,19H2,1-8H3;2*1H3,(H,3,4);/q;;;+2/p-2. The number of hydrogen-bond acceptors (Lipinski definition) is 8. The molecule has 0 aliphatic heterocycles. The Morgan fingerprint density at radius 3 is 1.29 bits per heavy atom. The first-order chi connectivity index (χ1) is 21.9. The van der Waals surface area contributed by atoms with E-state index < -0.39 is 11.9 Å². The number of rotatable bonds is 12. The maximum absolute atomic E-state index is 10.9. The Morgan fingerprint density at radius 1 is 0.708 bits per heavy atom. The third-order valence-electron chi connectivity index (χ3n) is 7.95. The number of phenolic OH excluding ortho intramolecular Hbond substituents is 2. The first kappa shape index (κ1) is 44.8. The van der Waals surface area contributed by atoms with Gasteiger partial charge in [-0.25, -0.2) is 0 Å². The van der Waals surface area contributed by atoms with Crippen molar-refractivity contribution >= 4 is 24.4 Å². The molecule has 0 heterocycles. The van der Waals surface area contributed by atoms with Gasteiger partial charge in [0, 0.05) is 35.5 Å². The van der Waals surface area contributed by atoms with E-state index in [1.807, 2.05) is 12.4 Å². The van der Waals surface area contributed by atoms with Crippen LogP contribution >= 0.6 is 0 Å². The fourth-order valence-corrected chi connectivity index (χ4v) is 5.34. The molecule has 0 bridgehead atoms. The van der Waals surface area contributed by atoms with E-state index in [-0.39, 0.29) is 40.7 Å². The van der Waals surface area contributed by atoms with Gasteiger partial charge in [-0.1, -0.05) is 67.5 Å². The summed E-state index contributed by atoms with van der Waals surface area (Å²) in [7, 11) is 0. The van der Waals surface area contributed by atoms with Gasteiger partial charge in [0.05, 0.1) is 12.1 Å². The van der Waals surface area contributed by atoms with Gasteiger partial charge in [-0.05, 0) is 117 Å². The second kappa shape index (κ2) is 22.5. The predicted octanol–water partition coefficient (Wildman–Crippen LogP) is 6.49. The van der Waals surface area contributed by atoms with E-state index >= 15 is 0 Å². The minimum Gasteiger partial charge on any atom is -0.550 e. The molecule has 2 N–H and O–H groups in total. The SMILES string of the molecule is CC(=O)[O-].CC(=O)[O-].CC(C)CCc1cc(C=NC2CCC(N=Cc3cc(CCC(C)C)cc(C(C)C)c3O)C2)c(O)c(C(C)C)c1.[Co+2]. The van der Waals surface area contributed by atoms with Gasteiger partial charge in [-0.3, -0.25) is 9.98 Å². The van der Waals surface area contributed by atoms with Crippen LogP contribution in [0.25, 0.3) is 0 Å². The van der Waals surface area contributed by atoms with Crippen LogP contribution in [0.3, 0.4) is 0 Å². The van der Waals surface area contributed by atoms with Gasteiger partial charge in [0.2, 0.25) is 0 Å². The molecule has 8 nitrogen and oxygen atoms in total. The fraction of sp³-hybridized carbons (Fsp3) is 0.590. The first-order valence-electron chi connectivity index (χ1n) is 17.0. The van der Waals surface area contributed by atoms with E-state index in [1.54, 1.807) is 0 Å². The number of carbonyl (C=O) groups is 2. The van der Waals surface area contributed by atoms with Crippen LogP contribution in [0.5, 0.6) is 11.5 Å². The number of carboxylic acids is 2. The monoisotopic (exact) mass is 709 g/mol. The molecule has 2 atom stereocenters. The van der Waals surface area contributed by atoms with Crippen molar-refractivity contribution in [1.29, 1.82) is 0 Å². The van der Waals surface area contributed by atoms with Gasteiger partial charge >= 0.3 is 16.8 Å². The van der Waals surface area contributed by atoms with E-state index in [2.05, 4.69) is 79.7 Å². The van der Waals surface area contributed by atoms with Crippen LogP contribution in [-0.4, -0.2) is 46.7 Å². The van der Waals surface area contributed by atoms with Gasteiger partial charge < -0.3 is 30.0 Å². The Morgan fingerprint density at radius 2 is 1.02 bits per heavy atom. The molecule has 2 aromatic carbocycles. The number of aromatic hydroxyl groups is 2. The predicted molar refractivity (Wildman–Crippen MR) is 189 cm³/mol. The summed E-state index contributed by atoms with van der Waals surface area (Å²) in [5, 5.41) is 39.7. The minimum absolute atomic E-state index is 0. The van der Waals surface area contributed by atoms with Gasteiger partial charge in [0.15, 0.2) is 0 Å². The molecule has 269 valence electrons. The van der Waals surface area contributed by atoms with Crippen molar-refractivity contribution in [2.24, 2.45) is 21.8 Å². The van der Waals surface area contributed by atoms with Crippen molar-refractivity contribution in [3.8, 4) is 11.5 Å². The van der Waals surface area contributed by atoms with E-state index in [0.29, 0.717) is 23.3 Å². The molecular formula is C39H58CoN2O6. The summed E-state index contributed by atoms with van der Waals surface area (Å²) in [5.74, 6) is 0.383. The average molecular weight is 710 g/mol. The largest absolute Gasteiger partial charge is 2.00 e. The minimum atomic E-state index is -1.08. The Labute approximate surface area is 299 Å². The van der Waals surface area contributed by atoms with Crippen LogP contribution in [0.15, 0.2) is 34.3 Å². The van der Waals surface area contributed by atoms with E-state index in [9.17, 15) is 10.2 Å². The summed E-state index contributed by atoms with van der Waals surface area (Å²) in [6, 6.07) is 8.95. The molecule has 0 saturated heterocycles. The molecular weight excluding hydrogens is 651 g/mol. The van der Waals surface area contributed by atoms with Gasteiger partial charge in [0.25, 0.3) is 0 Å². The topological polar surface area (TPSA) is 145 Å². The number of nitrogens with zero attached hydrogens (tertiary/aromatic N) is 2. The smallest absolute Gasteiger partial charge is 0.550 e. The van der Waals surface area contributed by atoms with Crippen LogP contribution in [0.2, 0.25) is 0 Å². The summed E-state index contributed by atoms with van der Waals surface area (Å²) >= 11 is 0. The van der Waals surface area contributed by atoms with Crippen molar-refractivity contribution in [3.63, 3.8) is 0 Å². The van der Waals surface area contributed by atoms with Gasteiger partial charge in [0.1, 0.15) is 11.5 Å². The van der Waals surface area contributed by atoms with E-state index in [1.165, 1.54) is 11.1 Å². The van der Waals surface area contributed by atoms with Crippen LogP contribution < -0.4 is 10.2 Å². The molecule has 2 aromatic rings. The summed E-state index contributed by atoms with van der Waals surface area (Å²) in [4.78, 5) is 27.6. The number of aryl methyl sites for hydroxylation is 2. The number of benzene rings is 2. The Bertz CT molecular complexity index is 1240. The second-order valence-corrected chi connectivity index (χ2v) is 14.1. The molecule has 0 spiro atoms. The fourth-order valence-electron chi connectivity index (χ4n) is 5.34. The van der Waals surface area contributed by atoms with Crippen LogP contribution in [0.4, 0.5) is 0 Å². The Hall–Kier alpha value is -3.17. The summed E-state index contributed by atoms with van der Waals surface area (Å²) in [5.41, 5.74) is 6.21. The van der Waals surface area contributed by atoms with E-state index in [4.69, 9.17) is 29.8 Å². The Balaban J connectivity index is 0.00000221. The molecule has 2 unspecified atom stereocenters. The van der Waals surface area contributed by atoms with Crippen molar-refractivity contribution < 1.29 is 46.8 Å². The van der Waals surface area contributed by atoms with Crippen molar-refractivity contribution in [1.82, 2.24) is 0 Å². The maximum Gasteiger partial charge on any atom is 2.00 e. The van der Waals surface area contributed by atoms with Crippen LogP contribution in [-0.2, 0) is 39.2 Å². The average Bonchev–Trinajstić information content (AvgIpc) is 3.41. The van der Waals surface area contributed by atoms with Crippen LogP contribution in [0.1, 0.15) is 147 Å². The molecule has 1 aliphatic rings. The molecule has 1 radical (unpaired) electrons. The maximum atomic E-state index is 10.9. The van der Waals surface area contributed by atoms with Gasteiger partial charge in [-0.15, -0.1) is 0 Å². The van der Waals surface area contributed by atoms with Crippen molar-refractivity contribution in [2.45, 2.75) is 138 Å². The molecule has 48 heavy (non-hydrogen) atoms. The quantitative estimate of drug-likeness (QED) is 0.241. The molecule has 3 rings (SSSR count). The molecule has 1 fully saturated rings. The second-order valence-electron chi connectivity index (χ2n) is 14.1. The molecule has 0 amide bonds. The normalized spacial score (nSPS) is 15.9. The zero-order valence-electron chi connectivity index (χ0n) is 30.6.